The molecule has 0 unspecified atom stereocenters. The summed E-state index contributed by atoms with van der Waals surface area (Å²) in [7, 11) is 0. The molecule has 0 spiro atoms. The van der Waals surface area contributed by atoms with E-state index in [1.807, 2.05) is 4.90 Å². The number of carbonyl (C=O) groups is 3. The molecular formula is C23H24F2N4O3. The van der Waals surface area contributed by atoms with Gasteiger partial charge in [-0.25, -0.2) is 8.78 Å². The van der Waals surface area contributed by atoms with Gasteiger partial charge in [-0.1, -0.05) is 24.3 Å². The van der Waals surface area contributed by atoms with E-state index in [0.717, 1.165) is 5.56 Å². The minimum atomic E-state index is -0.711. The maximum absolute atomic E-state index is 14.0. The lowest BCUT2D eigenvalue weighted by Crippen LogP contribution is -2.57. The van der Waals surface area contributed by atoms with E-state index in [2.05, 4.69) is 0 Å². The molecule has 0 saturated carbocycles. The molecule has 2 fully saturated rings. The molecule has 3 amide bonds. The molecule has 0 aromatic heterocycles. The maximum Gasteiger partial charge on any atom is 0.312 e. The Bertz CT molecular complexity index is 1010. The van der Waals surface area contributed by atoms with Gasteiger partial charge < -0.3 is 19.6 Å². The van der Waals surface area contributed by atoms with Gasteiger partial charge in [0.15, 0.2) is 0 Å². The molecule has 32 heavy (non-hydrogen) atoms. The summed E-state index contributed by atoms with van der Waals surface area (Å²) in [5.74, 6) is -2.27. The van der Waals surface area contributed by atoms with E-state index in [4.69, 9.17) is 0 Å². The topological polar surface area (TPSA) is 64.2 Å². The predicted octanol–water partition coefficient (Wildman–Crippen LogP) is 1.48. The number of benzene rings is 2. The van der Waals surface area contributed by atoms with Crippen molar-refractivity contribution in [2.24, 2.45) is 0 Å². The standard InChI is InChI=1S/C23H24F2N4O3/c24-18-7-5-17(6-8-18)15-28-13-14-29(23(32)22(28)31)16-21(30)27-11-9-26(10-12-27)20-4-2-1-3-19(20)25/h1-8H,9-16H2. The first-order chi connectivity index (χ1) is 15.4. The number of para-hydroxylation sites is 1. The number of piperazine rings is 2. The van der Waals surface area contributed by atoms with Crippen molar-refractivity contribution < 1.29 is 23.2 Å². The van der Waals surface area contributed by atoms with Gasteiger partial charge in [0.05, 0.1) is 5.69 Å². The average molecular weight is 442 g/mol. The van der Waals surface area contributed by atoms with Gasteiger partial charge in [-0.15, -0.1) is 0 Å². The van der Waals surface area contributed by atoms with E-state index in [1.54, 1.807) is 35.2 Å². The molecule has 9 heteroatoms. The van der Waals surface area contributed by atoms with E-state index >= 15 is 0 Å². The molecule has 0 N–H and O–H groups in total. The van der Waals surface area contributed by atoms with Crippen LogP contribution in [0, 0.1) is 11.6 Å². The highest BCUT2D eigenvalue weighted by Gasteiger charge is 2.34. The summed E-state index contributed by atoms with van der Waals surface area (Å²) in [6.07, 6.45) is 0. The zero-order chi connectivity index (χ0) is 22.7. The van der Waals surface area contributed by atoms with Crippen LogP contribution in [0.4, 0.5) is 14.5 Å². The third-order valence-electron chi connectivity index (χ3n) is 5.84. The molecule has 2 aromatic carbocycles. The van der Waals surface area contributed by atoms with Gasteiger partial charge in [0.2, 0.25) is 5.91 Å². The van der Waals surface area contributed by atoms with Gasteiger partial charge in [-0.3, -0.25) is 14.4 Å². The van der Waals surface area contributed by atoms with Gasteiger partial charge in [-0.05, 0) is 29.8 Å². The second-order valence-corrected chi connectivity index (χ2v) is 7.90. The molecule has 0 radical (unpaired) electrons. The number of anilines is 1. The van der Waals surface area contributed by atoms with Gasteiger partial charge in [-0.2, -0.15) is 0 Å². The highest BCUT2D eigenvalue weighted by molar-refractivity contribution is 6.35. The third kappa shape index (κ3) is 4.71. The van der Waals surface area contributed by atoms with Crippen molar-refractivity contribution in [2.75, 3.05) is 50.7 Å². The summed E-state index contributed by atoms with van der Waals surface area (Å²) in [5.41, 5.74) is 1.24. The highest BCUT2D eigenvalue weighted by atomic mass is 19.1. The molecule has 2 aromatic rings. The van der Waals surface area contributed by atoms with Crippen LogP contribution in [-0.2, 0) is 20.9 Å². The van der Waals surface area contributed by atoms with Crippen LogP contribution in [0.2, 0.25) is 0 Å². The molecular weight excluding hydrogens is 418 g/mol. The lowest BCUT2D eigenvalue weighted by atomic mass is 10.2. The molecule has 2 heterocycles. The molecule has 2 aliphatic heterocycles. The Kier molecular flexibility index (Phi) is 6.34. The normalized spacial score (nSPS) is 17.2. The molecule has 0 atom stereocenters. The Labute approximate surface area is 184 Å². The predicted molar refractivity (Wildman–Crippen MR) is 114 cm³/mol. The smallest absolute Gasteiger partial charge is 0.312 e. The fourth-order valence-corrected chi connectivity index (χ4v) is 4.00. The van der Waals surface area contributed by atoms with E-state index in [1.165, 1.54) is 28.0 Å². The number of hydrogen-bond acceptors (Lipinski definition) is 4. The van der Waals surface area contributed by atoms with Crippen LogP contribution in [0.1, 0.15) is 5.56 Å². The van der Waals surface area contributed by atoms with E-state index in [-0.39, 0.29) is 37.2 Å². The number of amides is 3. The second-order valence-electron chi connectivity index (χ2n) is 7.90. The number of carbonyl (C=O) groups excluding carboxylic acids is 3. The van der Waals surface area contributed by atoms with Crippen molar-refractivity contribution in [3.05, 3.63) is 65.7 Å². The molecule has 2 aliphatic rings. The Hall–Kier alpha value is -3.49. The molecule has 7 nitrogen and oxygen atoms in total. The quantitative estimate of drug-likeness (QED) is 0.659. The van der Waals surface area contributed by atoms with Crippen molar-refractivity contribution in [1.82, 2.24) is 14.7 Å². The highest BCUT2D eigenvalue weighted by Crippen LogP contribution is 2.20. The number of halogens is 2. The summed E-state index contributed by atoms with van der Waals surface area (Å²) in [4.78, 5) is 43.9. The fourth-order valence-electron chi connectivity index (χ4n) is 4.00. The Balaban J connectivity index is 1.29. The van der Waals surface area contributed by atoms with Crippen molar-refractivity contribution in [3.63, 3.8) is 0 Å². The fraction of sp³-hybridized carbons (Fsp3) is 0.348. The van der Waals surface area contributed by atoms with Crippen LogP contribution in [0.5, 0.6) is 0 Å². The summed E-state index contributed by atoms with van der Waals surface area (Å²) >= 11 is 0. The van der Waals surface area contributed by atoms with Crippen LogP contribution in [0.3, 0.4) is 0 Å². The first kappa shape index (κ1) is 21.7. The van der Waals surface area contributed by atoms with Crippen LogP contribution in [0.15, 0.2) is 48.5 Å². The lowest BCUT2D eigenvalue weighted by Gasteiger charge is -2.38. The van der Waals surface area contributed by atoms with Crippen molar-refractivity contribution in [2.45, 2.75) is 6.54 Å². The first-order valence-corrected chi connectivity index (χ1v) is 10.5. The van der Waals surface area contributed by atoms with Crippen LogP contribution < -0.4 is 4.90 Å². The monoisotopic (exact) mass is 442 g/mol. The lowest BCUT2D eigenvalue weighted by molar-refractivity contribution is -0.158. The van der Waals surface area contributed by atoms with Gasteiger partial charge in [0.1, 0.15) is 18.2 Å². The zero-order valence-electron chi connectivity index (χ0n) is 17.5. The average Bonchev–Trinajstić information content (AvgIpc) is 2.80. The second kappa shape index (κ2) is 9.33. The summed E-state index contributed by atoms with van der Waals surface area (Å²) in [6.45, 7) is 2.43. The molecule has 4 rings (SSSR count). The van der Waals surface area contributed by atoms with Crippen molar-refractivity contribution in [3.8, 4) is 0 Å². The van der Waals surface area contributed by atoms with E-state index in [0.29, 0.717) is 38.4 Å². The van der Waals surface area contributed by atoms with Gasteiger partial charge >= 0.3 is 11.8 Å². The van der Waals surface area contributed by atoms with Gasteiger partial charge in [0, 0.05) is 45.8 Å². The molecule has 0 aliphatic carbocycles. The van der Waals surface area contributed by atoms with Crippen molar-refractivity contribution >= 4 is 23.4 Å². The Morgan fingerprint density at radius 3 is 2.09 bits per heavy atom. The minimum Gasteiger partial charge on any atom is -0.366 e. The SMILES string of the molecule is O=C(CN1CCN(Cc2ccc(F)cc2)C(=O)C1=O)N1CCN(c2ccccc2F)CC1. The van der Waals surface area contributed by atoms with Gasteiger partial charge in [0.25, 0.3) is 0 Å². The zero-order valence-corrected chi connectivity index (χ0v) is 17.5. The molecule has 2 saturated heterocycles. The van der Waals surface area contributed by atoms with Crippen molar-refractivity contribution in [1.29, 1.82) is 0 Å². The first-order valence-electron chi connectivity index (χ1n) is 10.5. The van der Waals surface area contributed by atoms with Crippen LogP contribution in [-0.4, -0.2) is 78.2 Å². The third-order valence-corrected chi connectivity index (χ3v) is 5.84. The largest absolute Gasteiger partial charge is 0.366 e. The summed E-state index contributed by atoms with van der Waals surface area (Å²) in [5, 5.41) is 0. The molecule has 168 valence electrons. The Morgan fingerprint density at radius 1 is 0.781 bits per heavy atom. The number of rotatable bonds is 5. The minimum absolute atomic E-state index is 0.158. The number of hydrogen-bond donors (Lipinski definition) is 0. The summed E-state index contributed by atoms with van der Waals surface area (Å²) in [6, 6.07) is 12.3. The van der Waals surface area contributed by atoms with E-state index < -0.39 is 11.8 Å². The number of nitrogens with zero attached hydrogens (tertiary/aromatic N) is 4. The van der Waals surface area contributed by atoms with E-state index in [9.17, 15) is 23.2 Å². The maximum atomic E-state index is 14.0. The van der Waals surface area contributed by atoms with Crippen LogP contribution in [0.25, 0.3) is 0 Å². The summed E-state index contributed by atoms with van der Waals surface area (Å²) < 4.78 is 27.0. The molecule has 0 bridgehead atoms. The Morgan fingerprint density at radius 2 is 1.41 bits per heavy atom. The van der Waals surface area contributed by atoms with Crippen LogP contribution >= 0.6 is 0 Å².